The van der Waals surface area contributed by atoms with E-state index in [4.69, 9.17) is 14.6 Å². The van der Waals surface area contributed by atoms with Gasteiger partial charge in [-0.2, -0.15) is 0 Å². The lowest BCUT2D eigenvalue weighted by atomic mass is 9.99. The Labute approximate surface area is 241 Å². The first-order valence-corrected chi connectivity index (χ1v) is 13.8. The van der Waals surface area contributed by atoms with E-state index in [9.17, 15) is 19.2 Å². The van der Waals surface area contributed by atoms with E-state index in [-0.39, 0.29) is 58.1 Å². The van der Waals surface area contributed by atoms with Crippen molar-refractivity contribution < 1.29 is 33.8 Å². The van der Waals surface area contributed by atoms with Crippen LogP contribution >= 0.6 is 0 Å². The molecule has 0 aliphatic heterocycles. The summed E-state index contributed by atoms with van der Waals surface area (Å²) in [7, 11) is 0. The van der Waals surface area contributed by atoms with Crippen LogP contribution in [0.2, 0.25) is 0 Å². The third kappa shape index (κ3) is 12.8. The summed E-state index contributed by atoms with van der Waals surface area (Å²) in [6.45, 7) is 7.47. The molecule has 0 bridgehead atoms. The zero-order valence-electron chi connectivity index (χ0n) is 23.4. The number of unbranched alkanes of at least 4 members (excludes halogenated alkanes) is 2. The predicted octanol–water partition coefficient (Wildman–Crippen LogP) is 3.26. The first-order chi connectivity index (χ1) is 19.9. The highest BCUT2D eigenvalue weighted by Crippen LogP contribution is 2.19. The maximum absolute atomic E-state index is 13.3. The molecule has 0 fully saturated rings. The SMILES string of the molecule is C=CCCCCC(=O)OCC(NC(=O)C(CC=C)CC(=O)NCCOCCO)C(=O)Nc1ccc2ccccc2c1. The van der Waals surface area contributed by atoms with Gasteiger partial charge in [0.2, 0.25) is 11.8 Å². The fourth-order valence-corrected chi connectivity index (χ4v) is 3.98. The van der Waals surface area contributed by atoms with Crippen molar-refractivity contribution in [3.8, 4) is 0 Å². The quantitative estimate of drug-likeness (QED) is 0.109. The monoisotopic (exact) mass is 567 g/mol. The van der Waals surface area contributed by atoms with Crippen LogP contribution in [-0.2, 0) is 28.7 Å². The average molecular weight is 568 g/mol. The highest BCUT2D eigenvalue weighted by molar-refractivity contribution is 5.99. The van der Waals surface area contributed by atoms with Crippen LogP contribution in [0, 0.1) is 5.92 Å². The smallest absolute Gasteiger partial charge is 0.305 e. The number of aliphatic hydroxyl groups excluding tert-OH is 1. The zero-order valence-corrected chi connectivity index (χ0v) is 23.4. The highest BCUT2D eigenvalue weighted by atomic mass is 16.5. The second-order valence-electron chi connectivity index (χ2n) is 9.44. The number of hydrogen-bond acceptors (Lipinski definition) is 7. The molecule has 2 rings (SSSR count). The van der Waals surface area contributed by atoms with Crippen LogP contribution in [0.5, 0.6) is 0 Å². The van der Waals surface area contributed by atoms with E-state index in [1.165, 1.54) is 6.08 Å². The van der Waals surface area contributed by atoms with E-state index >= 15 is 0 Å². The molecule has 0 saturated heterocycles. The van der Waals surface area contributed by atoms with Crippen LogP contribution in [0.4, 0.5) is 5.69 Å². The Balaban J connectivity index is 2.07. The molecule has 2 unspecified atom stereocenters. The third-order valence-corrected chi connectivity index (χ3v) is 6.16. The van der Waals surface area contributed by atoms with Gasteiger partial charge in [-0.25, -0.2) is 0 Å². The van der Waals surface area contributed by atoms with Gasteiger partial charge in [-0.15, -0.1) is 13.2 Å². The van der Waals surface area contributed by atoms with E-state index < -0.39 is 29.7 Å². The number of fused-ring (bicyclic) bond motifs is 1. The summed E-state index contributed by atoms with van der Waals surface area (Å²) in [6.07, 6.45) is 5.74. The van der Waals surface area contributed by atoms with E-state index in [0.717, 1.165) is 23.6 Å². The number of hydrogen-bond donors (Lipinski definition) is 4. The maximum atomic E-state index is 13.3. The Morgan fingerprint density at radius 3 is 2.46 bits per heavy atom. The van der Waals surface area contributed by atoms with Gasteiger partial charge in [0, 0.05) is 25.1 Å². The number of rotatable bonds is 20. The summed E-state index contributed by atoms with van der Waals surface area (Å²) in [5.41, 5.74) is 0.522. The second kappa shape index (κ2) is 19.1. The molecule has 0 aliphatic rings. The number of anilines is 1. The topological polar surface area (TPSA) is 143 Å². The predicted molar refractivity (Wildman–Crippen MR) is 158 cm³/mol. The molecule has 0 saturated carbocycles. The van der Waals surface area contributed by atoms with Crippen molar-refractivity contribution >= 4 is 40.2 Å². The van der Waals surface area contributed by atoms with Crippen molar-refractivity contribution in [3.05, 3.63) is 67.8 Å². The van der Waals surface area contributed by atoms with Gasteiger partial charge in [-0.05, 0) is 48.6 Å². The molecule has 2 aromatic carbocycles. The molecule has 2 atom stereocenters. The number of aliphatic hydroxyl groups is 1. The Morgan fingerprint density at radius 2 is 1.73 bits per heavy atom. The Morgan fingerprint density at radius 1 is 0.951 bits per heavy atom. The van der Waals surface area contributed by atoms with Crippen molar-refractivity contribution in [2.24, 2.45) is 5.92 Å². The summed E-state index contributed by atoms with van der Waals surface area (Å²) < 4.78 is 10.5. The van der Waals surface area contributed by atoms with Crippen molar-refractivity contribution in [3.63, 3.8) is 0 Å². The fourth-order valence-electron chi connectivity index (χ4n) is 3.98. The van der Waals surface area contributed by atoms with Gasteiger partial charge < -0.3 is 30.5 Å². The minimum absolute atomic E-state index is 0.115. The van der Waals surface area contributed by atoms with Crippen molar-refractivity contribution in [1.29, 1.82) is 0 Å². The highest BCUT2D eigenvalue weighted by Gasteiger charge is 2.28. The Hall–Kier alpha value is -4.02. The van der Waals surface area contributed by atoms with Crippen molar-refractivity contribution in [2.45, 2.75) is 44.6 Å². The van der Waals surface area contributed by atoms with Crippen molar-refractivity contribution in [1.82, 2.24) is 10.6 Å². The lowest BCUT2D eigenvalue weighted by molar-refractivity contribution is -0.146. The molecule has 2 aromatic rings. The number of ether oxygens (including phenoxy) is 2. The second-order valence-corrected chi connectivity index (χ2v) is 9.44. The molecular formula is C31H41N3O7. The fraction of sp³-hybridized carbons (Fsp3) is 0.419. The van der Waals surface area contributed by atoms with E-state index in [0.29, 0.717) is 12.1 Å². The minimum Gasteiger partial charge on any atom is -0.463 e. The number of carbonyl (C=O) groups is 4. The van der Waals surface area contributed by atoms with Gasteiger partial charge in [-0.3, -0.25) is 19.2 Å². The Bertz CT molecular complexity index is 1170. The zero-order chi connectivity index (χ0) is 29.9. The lowest BCUT2D eigenvalue weighted by Crippen LogP contribution is -2.49. The lowest BCUT2D eigenvalue weighted by Gasteiger charge is -2.22. The van der Waals surface area contributed by atoms with E-state index in [1.807, 2.05) is 36.4 Å². The molecule has 0 aliphatic carbocycles. The van der Waals surface area contributed by atoms with Gasteiger partial charge in [0.05, 0.1) is 25.7 Å². The molecule has 41 heavy (non-hydrogen) atoms. The molecule has 222 valence electrons. The molecule has 0 aromatic heterocycles. The normalized spacial score (nSPS) is 12.1. The standard InChI is InChI=1S/C31H41N3O7/c1-3-5-6-7-13-29(37)41-22-27(31(39)33-26-15-14-23-11-8-9-12-24(23)20-26)34-30(38)25(10-4-2)21-28(36)32-16-18-40-19-17-35/h3-4,8-9,11-12,14-15,20,25,27,35H,1-2,5-7,10,13,16-19,21-22H2,(H,32,36)(H,33,39)(H,34,38). The molecule has 4 N–H and O–H groups in total. The number of nitrogens with one attached hydrogen (secondary N) is 3. The molecule has 10 heteroatoms. The molecule has 0 radical (unpaired) electrons. The summed E-state index contributed by atoms with van der Waals surface area (Å²) in [5, 5.41) is 18.8. The molecule has 0 spiro atoms. The number of esters is 1. The third-order valence-electron chi connectivity index (χ3n) is 6.16. The van der Waals surface area contributed by atoms with Crippen LogP contribution in [0.25, 0.3) is 10.8 Å². The first-order valence-electron chi connectivity index (χ1n) is 13.8. The maximum Gasteiger partial charge on any atom is 0.305 e. The number of amides is 3. The summed E-state index contributed by atoms with van der Waals surface area (Å²) >= 11 is 0. The van der Waals surface area contributed by atoms with E-state index in [2.05, 4.69) is 29.1 Å². The van der Waals surface area contributed by atoms with Crippen LogP contribution in [0.3, 0.4) is 0 Å². The van der Waals surface area contributed by atoms with Crippen LogP contribution in [-0.4, -0.2) is 67.8 Å². The largest absolute Gasteiger partial charge is 0.463 e. The van der Waals surface area contributed by atoms with Crippen LogP contribution in [0.1, 0.15) is 38.5 Å². The van der Waals surface area contributed by atoms with Gasteiger partial charge in [0.25, 0.3) is 5.91 Å². The Kier molecular flexibility index (Phi) is 15.5. The van der Waals surface area contributed by atoms with Crippen LogP contribution < -0.4 is 16.0 Å². The number of carbonyl (C=O) groups excluding carboxylic acids is 4. The molecule has 10 nitrogen and oxygen atoms in total. The minimum atomic E-state index is -1.19. The van der Waals surface area contributed by atoms with Crippen LogP contribution in [0.15, 0.2) is 67.8 Å². The summed E-state index contributed by atoms with van der Waals surface area (Å²) in [4.78, 5) is 51.2. The molecule has 3 amide bonds. The summed E-state index contributed by atoms with van der Waals surface area (Å²) in [6, 6.07) is 11.9. The van der Waals surface area contributed by atoms with Gasteiger partial charge >= 0.3 is 5.97 Å². The summed E-state index contributed by atoms with van der Waals surface area (Å²) in [5.74, 6) is -2.75. The van der Waals surface area contributed by atoms with Gasteiger partial charge in [-0.1, -0.05) is 42.5 Å². The van der Waals surface area contributed by atoms with Crippen molar-refractivity contribution in [2.75, 3.05) is 38.3 Å². The number of allylic oxidation sites excluding steroid dienone is 2. The van der Waals surface area contributed by atoms with Gasteiger partial charge in [0.1, 0.15) is 12.6 Å². The van der Waals surface area contributed by atoms with Gasteiger partial charge in [0.15, 0.2) is 0 Å². The average Bonchev–Trinajstić information content (AvgIpc) is 2.96. The molecule has 0 heterocycles. The molecular weight excluding hydrogens is 526 g/mol. The van der Waals surface area contributed by atoms with E-state index in [1.54, 1.807) is 12.1 Å². The number of benzene rings is 2. The first kappa shape index (κ1) is 33.2.